The van der Waals surface area contributed by atoms with Gasteiger partial charge in [0.15, 0.2) is 16.6 Å². The summed E-state index contributed by atoms with van der Waals surface area (Å²) in [5, 5.41) is 0.141. The smallest absolute Gasteiger partial charge is 0.246 e. The lowest BCUT2D eigenvalue weighted by molar-refractivity contribution is -0.120. The number of hydrogen-bond acceptors (Lipinski definition) is 6. The zero-order valence-electron chi connectivity index (χ0n) is 36.2. The van der Waals surface area contributed by atoms with Crippen molar-refractivity contribution in [1.29, 1.82) is 0 Å². The van der Waals surface area contributed by atoms with Gasteiger partial charge in [0.25, 0.3) is 0 Å². The van der Waals surface area contributed by atoms with Gasteiger partial charge in [0.05, 0.1) is 24.3 Å². The van der Waals surface area contributed by atoms with Crippen molar-refractivity contribution >= 4 is 39.8 Å². The predicted molar refractivity (Wildman–Crippen MR) is 233 cm³/mol. The van der Waals surface area contributed by atoms with Crippen LogP contribution in [-0.4, -0.2) is 75.6 Å². The third kappa shape index (κ3) is 7.39. The van der Waals surface area contributed by atoms with E-state index in [0.717, 1.165) is 22.5 Å². The van der Waals surface area contributed by atoms with E-state index in [1.54, 1.807) is 0 Å². The fraction of sp³-hybridized carbons (Fsp3) is 0.565. The van der Waals surface area contributed by atoms with Crippen LogP contribution in [0.1, 0.15) is 104 Å². The van der Waals surface area contributed by atoms with Crippen molar-refractivity contribution in [3.8, 4) is 0 Å². The van der Waals surface area contributed by atoms with Gasteiger partial charge in [0.2, 0.25) is 11.8 Å². The molecule has 8 nitrogen and oxygen atoms in total. The Morgan fingerprint density at radius 2 is 0.911 bits per heavy atom. The largest absolute Gasteiger partial charge is 0.413 e. The molecule has 3 aromatic rings. The van der Waals surface area contributed by atoms with E-state index in [0.29, 0.717) is 25.9 Å². The summed E-state index contributed by atoms with van der Waals surface area (Å²) in [6, 6.07) is 26.7. The normalized spacial score (nSPS) is 26.7. The molecule has 4 aliphatic heterocycles. The Labute approximate surface area is 338 Å². The van der Waals surface area contributed by atoms with Crippen molar-refractivity contribution in [2.45, 2.75) is 153 Å². The minimum Gasteiger partial charge on any atom is -0.413 e. The Balaban J connectivity index is 1.34. The molecule has 4 heterocycles. The first kappa shape index (κ1) is 41.0. The van der Waals surface area contributed by atoms with Gasteiger partial charge in [0.1, 0.15) is 12.3 Å². The molecule has 0 radical (unpaired) electrons. The van der Waals surface area contributed by atoms with Crippen molar-refractivity contribution in [3.05, 3.63) is 95.6 Å². The van der Waals surface area contributed by atoms with E-state index in [4.69, 9.17) is 8.85 Å². The van der Waals surface area contributed by atoms with E-state index >= 15 is 0 Å². The summed E-state index contributed by atoms with van der Waals surface area (Å²) in [7, 11) is -4.15. The molecule has 56 heavy (non-hydrogen) atoms. The second-order valence-corrected chi connectivity index (χ2v) is 30.4. The summed E-state index contributed by atoms with van der Waals surface area (Å²) >= 11 is 0. The van der Waals surface area contributed by atoms with E-state index in [9.17, 15) is 9.59 Å². The van der Waals surface area contributed by atoms with Crippen molar-refractivity contribution in [2.75, 3.05) is 22.9 Å². The van der Waals surface area contributed by atoms with Gasteiger partial charge in [-0.2, -0.15) is 0 Å². The highest BCUT2D eigenvalue weighted by atomic mass is 28.4. The summed E-state index contributed by atoms with van der Waals surface area (Å²) in [6.45, 7) is 31.0. The van der Waals surface area contributed by atoms with Crippen LogP contribution in [0.2, 0.25) is 36.3 Å². The third-order valence-electron chi connectivity index (χ3n) is 13.8. The average Bonchev–Trinajstić information content (AvgIpc) is 3.83. The number of nitrogens with zero attached hydrogens (tertiary/aromatic N) is 4. The van der Waals surface area contributed by atoms with Crippen LogP contribution in [0.3, 0.4) is 0 Å². The molecule has 4 saturated heterocycles. The molecule has 0 spiro atoms. The van der Waals surface area contributed by atoms with Gasteiger partial charge in [-0.25, -0.2) is 0 Å². The number of para-hydroxylation sites is 2. The summed E-state index contributed by atoms with van der Waals surface area (Å²) in [4.78, 5) is 38.3. The van der Waals surface area contributed by atoms with Crippen LogP contribution in [0.4, 0.5) is 11.4 Å². The van der Waals surface area contributed by atoms with Crippen molar-refractivity contribution in [1.82, 2.24) is 9.80 Å². The van der Waals surface area contributed by atoms with Crippen LogP contribution < -0.4 is 9.80 Å². The number of carbonyl (C=O) groups is 2. The quantitative estimate of drug-likeness (QED) is 0.212. The summed E-state index contributed by atoms with van der Waals surface area (Å²) in [5.41, 5.74) is 4.92. The second kappa shape index (κ2) is 14.3. The average molecular weight is 795 g/mol. The van der Waals surface area contributed by atoms with Crippen LogP contribution in [0.5, 0.6) is 0 Å². The Kier molecular flexibility index (Phi) is 10.5. The highest BCUT2D eigenvalue weighted by molar-refractivity contribution is 6.74. The number of hydrogen-bond donors (Lipinski definition) is 0. The molecule has 4 aliphatic rings. The van der Waals surface area contributed by atoms with E-state index in [1.165, 1.54) is 5.56 Å². The molecule has 0 saturated carbocycles. The van der Waals surface area contributed by atoms with Crippen LogP contribution >= 0.6 is 0 Å². The molecule has 0 unspecified atom stereocenters. The van der Waals surface area contributed by atoms with Gasteiger partial charge < -0.3 is 8.85 Å². The second-order valence-electron chi connectivity index (χ2n) is 20.9. The number of amides is 2. The molecule has 3 aromatic carbocycles. The Morgan fingerprint density at radius 1 is 0.554 bits per heavy atom. The van der Waals surface area contributed by atoms with E-state index in [2.05, 4.69) is 141 Å². The minimum absolute atomic E-state index is 0.0141. The molecule has 0 aliphatic carbocycles. The maximum Gasteiger partial charge on any atom is 0.246 e. The maximum absolute atomic E-state index is 14.7. The molecule has 0 aromatic heterocycles. The number of carbonyl (C=O) groups excluding carboxylic acids is 2. The molecule has 6 atom stereocenters. The molecule has 0 bridgehead atoms. The lowest BCUT2D eigenvalue weighted by atomic mass is 9.84. The molecule has 10 heteroatoms. The lowest BCUT2D eigenvalue weighted by Crippen LogP contribution is -2.45. The van der Waals surface area contributed by atoms with E-state index in [1.807, 2.05) is 46.2 Å². The molecule has 0 N–H and O–H groups in total. The highest BCUT2D eigenvalue weighted by Gasteiger charge is 2.56. The van der Waals surface area contributed by atoms with Gasteiger partial charge in [-0.1, -0.05) is 111 Å². The SMILES string of the molecule is CC(C)(C)c1cc([C@@H]2N(c3ccccc3)C(=O)[C@@H]3C[C@@H](O[Si](C)(C)C(C)(C)C)CN23)cc([C@@H]2N(c3ccccc3)C(=O)[C@@H]3C[C@@H](O[Si](C)(C)C(C)(C)C)CN23)c1. The highest BCUT2D eigenvalue weighted by Crippen LogP contribution is 2.49. The summed E-state index contributed by atoms with van der Waals surface area (Å²) in [6.07, 6.45) is 0.687. The molecular weight excluding hydrogens is 729 g/mol. The van der Waals surface area contributed by atoms with Crippen LogP contribution in [0, 0.1) is 0 Å². The fourth-order valence-electron chi connectivity index (χ4n) is 8.69. The van der Waals surface area contributed by atoms with Crippen molar-refractivity contribution in [3.63, 3.8) is 0 Å². The van der Waals surface area contributed by atoms with Gasteiger partial charge in [0, 0.05) is 24.5 Å². The number of benzene rings is 3. The van der Waals surface area contributed by atoms with Crippen LogP contribution in [-0.2, 0) is 23.9 Å². The van der Waals surface area contributed by atoms with Gasteiger partial charge in [-0.3, -0.25) is 29.2 Å². The zero-order chi connectivity index (χ0) is 40.7. The molecule has 302 valence electrons. The fourth-order valence-corrected chi connectivity index (χ4v) is 11.4. The van der Waals surface area contributed by atoms with E-state index < -0.39 is 16.6 Å². The monoisotopic (exact) mass is 794 g/mol. The van der Waals surface area contributed by atoms with Crippen LogP contribution in [0.15, 0.2) is 78.9 Å². The maximum atomic E-state index is 14.7. The third-order valence-corrected chi connectivity index (χ3v) is 22.9. The number of anilines is 2. The van der Waals surface area contributed by atoms with Gasteiger partial charge in [-0.05, 0) is 102 Å². The van der Waals surface area contributed by atoms with Crippen LogP contribution in [0.25, 0.3) is 0 Å². The topological polar surface area (TPSA) is 65.6 Å². The first-order valence-corrected chi connectivity index (χ1v) is 26.6. The molecule has 2 amide bonds. The van der Waals surface area contributed by atoms with Gasteiger partial charge in [-0.15, -0.1) is 0 Å². The Hall–Kier alpha value is -3.13. The van der Waals surface area contributed by atoms with E-state index in [-0.39, 0.29) is 63.9 Å². The molecule has 7 rings (SSSR count). The zero-order valence-corrected chi connectivity index (χ0v) is 38.2. The van der Waals surface area contributed by atoms with Gasteiger partial charge >= 0.3 is 0 Å². The predicted octanol–water partition coefficient (Wildman–Crippen LogP) is 10.0. The Morgan fingerprint density at radius 3 is 1.23 bits per heavy atom. The van der Waals surface area contributed by atoms with Crippen molar-refractivity contribution in [2.24, 2.45) is 0 Å². The Bertz CT molecular complexity index is 1800. The standard InChI is InChI=1S/C46H66N4O4Si2/c1-44(2,3)33-25-31(40-47-29-36(53-55(10,11)45(4,5)6)27-38(47)42(51)49(40)34-20-16-14-17-21-34)24-32(26-33)41-48-30-37(54-56(12,13)46(7,8)9)28-39(48)43(52)50(41)35-22-18-15-19-23-35/h14-26,36-41H,27-30H2,1-13H3/t36-,37-,38+,39+,40+,41+/m1/s1. The first-order valence-electron chi connectivity index (χ1n) is 20.8. The van der Waals surface area contributed by atoms with Crippen molar-refractivity contribution < 1.29 is 18.4 Å². The number of fused-ring (bicyclic) bond motifs is 2. The molecule has 4 fully saturated rings. The lowest BCUT2D eigenvalue weighted by Gasteiger charge is -2.39. The number of rotatable bonds is 8. The summed E-state index contributed by atoms with van der Waals surface area (Å²) < 4.78 is 14.0. The summed E-state index contributed by atoms with van der Waals surface area (Å²) in [5.74, 6) is 0.245. The minimum atomic E-state index is -2.08. The first-order chi connectivity index (χ1) is 26.0. The molecular formula is C46H66N4O4Si2.